The highest BCUT2D eigenvalue weighted by atomic mass is 16.5. The van der Waals surface area contributed by atoms with Crippen LogP contribution in [0.5, 0.6) is 0 Å². The standard InChI is InChI=1S/C13H24N2O3/c1-5-18-12(16)9-15(10(2)3)13(17)11-6-7-14(4)8-11/h10-11H,5-9H2,1-4H3. The van der Waals surface area contributed by atoms with Crippen LogP contribution in [0.3, 0.4) is 0 Å². The van der Waals surface area contributed by atoms with Crippen LogP contribution >= 0.6 is 0 Å². The summed E-state index contributed by atoms with van der Waals surface area (Å²) in [7, 11) is 2.01. The fraction of sp³-hybridized carbons (Fsp3) is 0.846. The fourth-order valence-corrected chi connectivity index (χ4v) is 2.23. The van der Waals surface area contributed by atoms with Gasteiger partial charge in [0, 0.05) is 12.6 Å². The molecule has 0 aromatic carbocycles. The van der Waals surface area contributed by atoms with E-state index in [4.69, 9.17) is 4.74 Å². The summed E-state index contributed by atoms with van der Waals surface area (Å²) in [5.74, 6) is -0.236. The average Bonchev–Trinajstić information content (AvgIpc) is 2.72. The smallest absolute Gasteiger partial charge is 0.325 e. The molecule has 5 nitrogen and oxygen atoms in total. The lowest BCUT2D eigenvalue weighted by molar-refractivity contribution is -0.151. The topological polar surface area (TPSA) is 49.9 Å². The minimum absolute atomic E-state index is 0.0202. The van der Waals surface area contributed by atoms with Crippen molar-refractivity contribution in [3.8, 4) is 0 Å². The SMILES string of the molecule is CCOC(=O)CN(C(=O)C1CCN(C)C1)C(C)C. The second kappa shape index (κ2) is 6.73. The number of hydrogen-bond donors (Lipinski definition) is 0. The number of carbonyl (C=O) groups is 2. The van der Waals surface area contributed by atoms with Crippen molar-refractivity contribution in [3.05, 3.63) is 0 Å². The molecule has 0 bridgehead atoms. The van der Waals surface area contributed by atoms with Crippen LogP contribution in [0.1, 0.15) is 27.2 Å². The maximum Gasteiger partial charge on any atom is 0.325 e. The van der Waals surface area contributed by atoms with Crippen molar-refractivity contribution >= 4 is 11.9 Å². The molecule has 0 spiro atoms. The van der Waals surface area contributed by atoms with Crippen molar-refractivity contribution < 1.29 is 14.3 Å². The highest BCUT2D eigenvalue weighted by Crippen LogP contribution is 2.18. The van der Waals surface area contributed by atoms with Crippen LogP contribution in [0.25, 0.3) is 0 Å². The number of rotatable bonds is 5. The van der Waals surface area contributed by atoms with Gasteiger partial charge in [0.2, 0.25) is 5.91 Å². The molecule has 1 aliphatic heterocycles. The van der Waals surface area contributed by atoms with E-state index in [1.54, 1.807) is 11.8 Å². The Balaban J connectivity index is 2.61. The van der Waals surface area contributed by atoms with E-state index in [0.717, 1.165) is 19.5 Å². The Bertz CT molecular complexity index is 305. The maximum absolute atomic E-state index is 12.4. The van der Waals surface area contributed by atoms with Crippen molar-refractivity contribution in [1.29, 1.82) is 0 Å². The zero-order chi connectivity index (χ0) is 13.7. The van der Waals surface area contributed by atoms with Gasteiger partial charge in [0.15, 0.2) is 0 Å². The summed E-state index contributed by atoms with van der Waals surface area (Å²) >= 11 is 0. The first kappa shape index (κ1) is 15.0. The number of likely N-dealkylation sites (tertiary alicyclic amines) is 1. The molecule has 1 rings (SSSR count). The predicted octanol–water partition coefficient (Wildman–Crippen LogP) is 0.738. The Morgan fingerprint density at radius 3 is 2.56 bits per heavy atom. The molecular formula is C13H24N2O3. The summed E-state index contributed by atoms with van der Waals surface area (Å²) in [5.41, 5.74) is 0. The van der Waals surface area contributed by atoms with Gasteiger partial charge in [-0.05, 0) is 40.8 Å². The number of hydrogen-bond acceptors (Lipinski definition) is 4. The van der Waals surface area contributed by atoms with Gasteiger partial charge in [-0.2, -0.15) is 0 Å². The normalized spacial score (nSPS) is 20.2. The second-order valence-electron chi connectivity index (χ2n) is 5.11. The van der Waals surface area contributed by atoms with Gasteiger partial charge in [-0.15, -0.1) is 0 Å². The molecule has 1 fully saturated rings. The van der Waals surface area contributed by atoms with E-state index in [-0.39, 0.29) is 30.4 Å². The molecule has 104 valence electrons. The first-order valence-electron chi connectivity index (χ1n) is 6.60. The summed E-state index contributed by atoms with van der Waals surface area (Å²) in [6, 6.07) is 0.0211. The van der Waals surface area contributed by atoms with Gasteiger partial charge in [0.05, 0.1) is 12.5 Å². The number of ether oxygens (including phenoxy) is 1. The molecule has 0 aromatic rings. The summed E-state index contributed by atoms with van der Waals surface area (Å²) < 4.78 is 4.91. The summed E-state index contributed by atoms with van der Waals surface area (Å²) in [5, 5.41) is 0. The monoisotopic (exact) mass is 256 g/mol. The Morgan fingerprint density at radius 1 is 1.44 bits per heavy atom. The molecule has 0 aliphatic carbocycles. The van der Waals surface area contributed by atoms with E-state index in [1.807, 2.05) is 20.9 Å². The van der Waals surface area contributed by atoms with E-state index >= 15 is 0 Å². The van der Waals surface area contributed by atoms with E-state index in [1.165, 1.54) is 0 Å². The van der Waals surface area contributed by atoms with Gasteiger partial charge in [-0.3, -0.25) is 9.59 Å². The quantitative estimate of drug-likeness (QED) is 0.681. The van der Waals surface area contributed by atoms with Crippen LogP contribution in [0.15, 0.2) is 0 Å². The number of carbonyl (C=O) groups excluding carboxylic acids is 2. The van der Waals surface area contributed by atoms with Gasteiger partial charge in [-0.1, -0.05) is 0 Å². The maximum atomic E-state index is 12.4. The molecule has 5 heteroatoms. The van der Waals surface area contributed by atoms with Gasteiger partial charge in [-0.25, -0.2) is 0 Å². The lowest BCUT2D eigenvalue weighted by atomic mass is 10.1. The Labute approximate surface area is 109 Å². The fourth-order valence-electron chi connectivity index (χ4n) is 2.23. The highest BCUT2D eigenvalue weighted by Gasteiger charge is 2.32. The lowest BCUT2D eigenvalue weighted by Crippen LogP contribution is -2.44. The second-order valence-corrected chi connectivity index (χ2v) is 5.11. The third-order valence-electron chi connectivity index (χ3n) is 3.25. The molecule has 18 heavy (non-hydrogen) atoms. The molecule has 1 aliphatic rings. The minimum Gasteiger partial charge on any atom is -0.465 e. The average molecular weight is 256 g/mol. The molecule has 0 aromatic heterocycles. The largest absolute Gasteiger partial charge is 0.465 e. The number of nitrogens with zero attached hydrogens (tertiary/aromatic N) is 2. The Morgan fingerprint density at radius 2 is 2.11 bits per heavy atom. The van der Waals surface area contributed by atoms with Crippen LogP contribution in [-0.2, 0) is 14.3 Å². The van der Waals surface area contributed by atoms with Gasteiger partial charge in [0.1, 0.15) is 6.54 Å². The molecular weight excluding hydrogens is 232 g/mol. The molecule has 0 N–H and O–H groups in total. The zero-order valence-corrected chi connectivity index (χ0v) is 11.8. The van der Waals surface area contributed by atoms with Crippen LogP contribution in [0, 0.1) is 5.92 Å². The molecule has 0 saturated carbocycles. The van der Waals surface area contributed by atoms with Gasteiger partial charge < -0.3 is 14.5 Å². The van der Waals surface area contributed by atoms with Crippen LogP contribution in [0.2, 0.25) is 0 Å². The Kier molecular flexibility index (Phi) is 5.59. The third kappa shape index (κ3) is 3.98. The van der Waals surface area contributed by atoms with Gasteiger partial charge >= 0.3 is 5.97 Å². The molecule has 1 amide bonds. The highest BCUT2D eigenvalue weighted by molar-refractivity contribution is 5.84. The molecule has 1 unspecified atom stereocenters. The van der Waals surface area contributed by atoms with Crippen molar-refractivity contribution in [2.45, 2.75) is 33.2 Å². The lowest BCUT2D eigenvalue weighted by Gasteiger charge is -2.28. The minimum atomic E-state index is -0.328. The molecule has 1 saturated heterocycles. The van der Waals surface area contributed by atoms with Crippen molar-refractivity contribution in [3.63, 3.8) is 0 Å². The first-order valence-corrected chi connectivity index (χ1v) is 6.60. The Hall–Kier alpha value is -1.10. The summed E-state index contributed by atoms with van der Waals surface area (Å²) in [6.07, 6.45) is 0.876. The first-order chi connectivity index (χ1) is 8.45. The van der Waals surface area contributed by atoms with Crippen LogP contribution in [0.4, 0.5) is 0 Å². The molecule has 1 heterocycles. The number of amides is 1. The summed E-state index contributed by atoms with van der Waals surface area (Å²) in [4.78, 5) is 27.6. The van der Waals surface area contributed by atoms with E-state index in [9.17, 15) is 9.59 Å². The van der Waals surface area contributed by atoms with Crippen molar-refractivity contribution in [2.24, 2.45) is 5.92 Å². The van der Waals surface area contributed by atoms with E-state index in [2.05, 4.69) is 4.90 Å². The summed E-state index contributed by atoms with van der Waals surface area (Å²) in [6.45, 7) is 7.76. The van der Waals surface area contributed by atoms with Crippen LogP contribution in [-0.4, -0.2) is 61.0 Å². The van der Waals surface area contributed by atoms with E-state index in [0.29, 0.717) is 6.61 Å². The third-order valence-corrected chi connectivity index (χ3v) is 3.25. The van der Waals surface area contributed by atoms with E-state index < -0.39 is 0 Å². The molecule has 1 atom stereocenters. The predicted molar refractivity (Wildman–Crippen MR) is 69.1 cm³/mol. The zero-order valence-electron chi connectivity index (χ0n) is 11.8. The van der Waals surface area contributed by atoms with Crippen LogP contribution < -0.4 is 0 Å². The van der Waals surface area contributed by atoms with Crippen molar-refractivity contribution in [1.82, 2.24) is 9.80 Å². The number of esters is 1. The van der Waals surface area contributed by atoms with Gasteiger partial charge in [0.25, 0.3) is 0 Å². The van der Waals surface area contributed by atoms with Crippen molar-refractivity contribution in [2.75, 3.05) is 33.3 Å². The molecule has 0 radical (unpaired) electrons.